The molecule has 3 aromatic rings. The molecule has 7 nitrogen and oxygen atoms in total. The summed E-state index contributed by atoms with van der Waals surface area (Å²) in [6.07, 6.45) is 4.39. The zero-order chi connectivity index (χ0) is 23.1. The highest BCUT2D eigenvalue weighted by atomic mass is 19.1. The molecule has 0 aliphatic carbocycles. The molecule has 168 valence electrons. The van der Waals surface area contributed by atoms with E-state index in [1.807, 2.05) is 4.90 Å². The molecule has 0 amide bonds. The number of rotatable bonds is 10. The SMILES string of the molecule is C=CCN(Cc1ccc(C(=O)OC)cc1)CC(O)(Cn1cncn1)c1ccc(F)cc1F. The number of aliphatic hydroxyl groups is 1. The molecule has 1 atom stereocenters. The van der Waals surface area contributed by atoms with Crippen molar-refractivity contribution >= 4 is 5.97 Å². The van der Waals surface area contributed by atoms with Gasteiger partial charge >= 0.3 is 5.97 Å². The summed E-state index contributed by atoms with van der Waals surface area (Å²) < 4.78 is 34.3. The summed E-state index contributed by atoms with van der Waals surface area (Å²) in [4.78, 5) is 17.4. The maximum absolute atomic E-state index is 14.7. The summed E-state index contributed by atoms with van der Waals surface area (Å²) in [5.74, 6) is -2.02. The van der Waals surface area contributed by atoms with Gasteiger partial charge in [0, 0.05) is 31.3 Å². The van der Waals surface area contributed by atoms with Gasteiger partial charge in [0.05, 0.1) is 19.2 Å². The highest BCUT2D eigenvalue weighted by molar-refractivity contribution is 5.89. The van der Waals surface area contributed by atoms with E-state index >= 15 is 0 Å². The number of carbonyl (C=O) groups excluding carboxylic acids is 1. The zero-order valence-electron chi connectivity index (χ0n) is 17.6. The number of methoxy groups -OCH3 is 1. The molecule has 3 rings (SSSR count). The van der Waals surface area contributed by atoms with Gasteiger partial charge in [0.1, 0.15) is 29.9 Å². The first-order valence-corrected chi connectivity index (χ1v) is 9.85. The van der Waals surface area contributed by atoms with Crippen molar-refractivity contribution in [3.63, 3.8) is 0 Å². The Hall–Kier alpha value is -3.43. The van der Waals surface area contributed by atoms with Gasteiger partial charge in [-0.1, -0.05) is 24.3 Å². The molecule has 1 unspecified atom stereocenters. The van der Waals surface area contributed by atoms with E-state index in [0.717, 1.165) is 17.7 Å². The topological polar surface area (TPSA) is 80.5 Å². The van der Waals surface area contributed by atoms with Gasteiger partial charge < -0.3 is 9.84 Å². The number of nitrogens with zero attached hydrogens (tertiary/aromatic N) is 4. The molecule has 1 N–H and O–H groups in total. The Morgan fingerprint density at radius 1 is 1.28 bits per heavy atom. The lowest BCUT2D eigenvalue weighted by Gasteiger charge is -2.34. The number of aromatic nitrogens is 3. The highest BCUT2D eigenvalue weighted by Gasteiger charge is 2.35. The number of benzene rings is 2. The fourth-order valence-electron chi connectivity index (χ4n) is 3.53. The average molecular weight is 442 g/mol. The number of halogens is 2. The van der Waals surface area contributed by atoms with Gasteiger partial charge in [-0.25, -0.2) is 23.2 Å². The Bertz CT molecular complexity index is 1060. The van der Waals surface area contributed by atoms with Crippen LogP contribution in [-0.2, 0) is 23.4 Å². The van der Waals surface area contributed by atoms with Gasteiger partial charge in [0.15, 0.2) is 0 Å². The van der Waals surface area contributed by atoms with Gasteiger partial charge in [0.2, 0.25) is 0 Å². The zero-order valence-corrected chi connectivity index (χ0v) is 17.6. The third-order valence-corrected chi connectivity index (χ3v) is 4.98. The summed E-state index contributed by atoms with van der Waals surface area (Å²) in [7, 11) is 1.31. The standard InChI is InChI=1S/C23H24F2N4O3/c1-3-10-28(12-17-4-6-18(7-5-17)22(30)32-2)13-23(31,14-29-16-26-15-27-29)20-9-8-19(24)11-21(20)25/h3-9,11,15-16,31H,1,10,12-14H2,2H3. The van der Waals surface area contributed by atoms with E-state index in [-0.39, 0.29) is 18.7 Å². The molecular weight excluding hydrogens is 418 g/mol. The number of ether oxygens (including phenoxy) is 1. The van der Waals surface area contributed by atoms with Crippen LogP contribution in [0, 0.1) is 11.6 Å². The lowest BCUT2D eigenvalue weighted by molar-refractivity contribution is -0.0210. The van der Waals surface area contributed by atoms with Crippen molar-refractivity contribution in [1.29, 1.82) is 0 Å². The van der Waals surface area contributed by atoms with E-state index in [0.29, 0.717) is 18.7 Å². The number of esters is 1. The number of hydrogen-bond donors (Lipinski definition) is 1. The second-order valence-electron chi connectivity index (χ2n) is 7.40. The van der Waals surface area contributed by atoms with Gasteiger partial charge in [0.25, 0.3) is 0 Å². The maximum atomic E-state index is 14.7. The Balaban J connectivity index is 1.89. The summed E-state index contributed by atoms with van der Waals surface area (Å²) in [5.41, 5.74) is -0.505. The van der Waals surface area contributed by atoms with Crippen LogP contribution in [0.15, 0.2) is 67.8 Å². The summed E-state index contributed by atoms with van der Waals surface area (Å²) >= 11 is 0. The molecule has 0 aliphatic heterocycles. The minimum Gasteiger partial charge on any atom is -0.465 e. The van der Waals surface area contributed by atoms with Crippen molar-refractivity contribution in [3.05, 3.63) is 96.1 Å². The Morgan fingerprint density at radius 3 is 2.62 bits per heavy atom. The fraction of sp³-hybridized carbons (Fsp3) is 0.261. The molecule has 9 heteroatoms. The van der Waals surface area contributed by atoms with Crippen molar-refractivity contribution in [2.24, 2.45) is 0 Å². The van der Waals surface area contributed by atoms with Crippen LogP contribution in [0.5, 0.6) is 0 Å². The van der Waals surface area contributed by atoms with Crippen LogP contribution in [0.4, 0.5) is 8.78 Å². The van der Waals surface area contributed by atoms with Crippen molar-refractivity contribution < 1.29 is 23.4 Å². The third kappa shape index (κ3) is 5.63. The van der Waals surface area contributed by atoms with E-state index < -0.39 is 23.2 Å². The van der Waals surface area contributed by atoms with Crippen molar-refractivity contribution in [3.8, 4) is 0 Å². The van der Waals surface area contributed by atoms with Crippen LogP contribution in [0.3, 0.4) is 0 Å². The molecule has 0 spiro atoms. The Labute approximate surface area is 184 Å². The van der Waals surface area contributed by atoms with Crippen LogP contribution in [0.25, 0.3) is 0 Å². The second kappa shape index (κ2) is 10.3. The highest BCUT2D eigenvalue weighted by Crippen LogP contribution is 2.28. The van der Waals surface area contributed by atoms with Gasteiger partial charge in [-0.05, 0) is 23.8 Å². The van der Waals surface area contributed by atoms with Gasteiger partial charge in [-0.15, -0.1) is 6.58 Å². The molecule has 0 bridgehead atoms. The van der Waals surface area contributed by atoms with Crippen molar-refractivity contribution in [2.75, 3.05) is 20.2 Å². The van der Waals surface area contributed by atoms with Crippen molar-refractivity contribution in [1.82, 2.24) is 19.7 Å². The molecule has 1 heterocycles. The molecule has 0 saturated carbocycles. The smallest absolute Gasteiger partial charge is 0.337 e. The van der Waals surface area contributed by atoms with Crippen molar-refractivity contribution in [2.45, 2.75) is 18.7 Å². The van der Waals surface area contributed by atoms with E-state index in [1.54, 1.807) is 30.3 Å². The molecule has 0 aliphatic rings. The van der Waals surface area contributed by atoms with Crippen LogP contribution >= 0.6 is 0 Å². The molecule has 0 radical (unpaired) electrons. The van der Waals surface area contributed by atoms with Gasteiger partial charge in [-0.3, -0.25) is 4.90 Å². The van der Waals surface area contributed by atoms with Crippen LogP contribution in [0.1, 0.15) is 21.5 Å². The number of hydrogen-bond acceptors (Lipinski definition) is 6. The second-order valence-corrected chi connectivity index (χ2v) is 7.40. The van der Waals surface area contributed by atoms with E-state index in [1.165, 1.54) is 30.5 Å². The summed E-state index contributed by atoms with van der Waals surface area (Å²) in [6.45, 7) is 4.44. The average Bonchev–Trinajstić information content (AvgIpc) is 3.26. The van der Waals surface area contributed by atoms with Crippen LogP contribution in [0.2, 0.25) is 0 Å². The predicted octanol–water partition coefficient (Wildman–Crippen LogP) is 2.92. The first-order valence-electron chi connectivity index (χ1n) is 9.85. The minimum absolute atomic E-state index is 0.000184. The molecule has 0 saturated heterocycles. The maximum Gasteiger partial charge on any atom is 0.337 e. The van der Waals surface area contributed by atoms with E-state index in [2.05, 4.69) is 16.7 Å². The number of carbonyl (C=O) groups is 1. The first kappa shape index (κ1) is 23.2. The summed E-state index contributed by atoms with van der Waals surface area (Å²) in [6, 6.07) is 9.93. The molecule has 0 fully saturated rings. The lowest BCUT2D eigenvalue weighted by atomic mass is 9.92. The third-order valence-electron chi connectivity index (χ3n) is 4.98. The predicted molar refractivity (Wildman–Crippen MR) is 114 cm³/mol. The van der Waals surface area contributed by atoms with E-state index in [9.17, 15) is 18.7 Å². The Kier molecular flexibility index (Phi) is 7.45. The quantitative estimate of drug-likeness (QED) is 0.384. The minimum atomic E-state index is -1.74. The van der Waals surface area contributed by atoms with E-state index in [4.69, 9.17) is 4.74 Å². The first-order chi connectivity index (χ1) is 15.3. The van der Waals surface area contributed by atoms with Crippen LogP contribution < -0.4 is 0 Å². The molecule has 1 aromatic heterocycles. The summed E-state index contributed by atoms with van der Waals surface area (Å²) in [5, 5.41) is 15.6. The molecular formula is C23H24F2N4O3. The fourth-order valence-corrected chi connectivity index (χ4v) is 3.53. The molecule has 2 aromatic carbocycles. The monoisotopic (exact) mass is 442 g/mol. The molecule has 32 heavy (non-hydrogen) atoms. The van der Waals surface area contributed by atoms with Gasteiger partial charge in [-0.2, -0.15) is 5.10 Å². The normalized spacial score (nSPS) is 13.0. The van der Waals surface area contributed by atoms with Crippen LogP contribution in [-0.4, -0.2) is 50.9 Å². The largest absolute Gasteiger partial charge is 0.465 e. The lowest BCUT2D eigenvalue weighted by Crippen LogP contribution is -2.44. The Morgan fingerprint density at radius 2 is 2.03 bits per heavy atom.